The summed E-state index contributed by atoms with van der Waals surface area (Å²) in [6.07, 6.45) is 0. The number of hydrogen-bond acceptors (Lipinski definition) is 9. The van der Waals surface area contributed by atoms with Crippen LogP contribution in [0.25, 0.3) is 22.4 Å². The number of hydrogen-bond donors (Lipinski definition) is 0. The van der Waals surface area contributed by atoms with Crippen LogP contribution in [0.4, 0.5) is 5.69 Å². The number of nitro groups is 1. The Balaban J connectivity index is 2.27. The maximum absolute atomic E-state index is 12.7. The van der Waals surface area contributed by atoms with Gasteiger partial charge in [-0.05, 0) is 12.1 Å². The number of rotatable bonds is 5. The first-order valence-corrected chi connectivity index (χ1v) is 9.15. The van der Waals surface area contributed by atoms with E-state index in [1.54, 1.807) is 0 Å². The second-order valence-corrected chi connectivity index (χ2v) is 6.89. The van der Waals surface area contributed by atoms with Gasteiger partial charge in [-0.15, -0.1) is 0 Å². The van der Waals surface area contributed by atoms with E-state index in [1.165, 1.54) is 50.0 Å². The summed E-state index contributed by atoms with van der Waals surface area (Å²) in [7, 11) is 4.04. The summed E-state index contributed by atoms with van der Waals surface area (Å²) in [6, 6.07) is 5.53. The molecule has 11 nitrogen and oxygen atoms in total. The van der Waals surface area contributed by atoms with Crippen LogP contribution in [-0.4, -0.2) is 42.9 Å². The summed E-state index contributed by atoms with van der Waals surface area (Å²) in [5.41, 5.74) is -0.721. The fourth-order valence-corrected chi connectivity index (χ4v) is 3.43. The van der Waals surface area contributed by atoms with Crippen molar-refractivity contribution in [2.24, 2.45) is 14.1 Å². The van der Waals surface area contributed by atoms with Crippen LogP contribution in [0.3, 0.4) is 0 Å². The Hall–Kier alpha value is -3.54. The van der Waals surface area contributed by atoms with Crippen LogP contribution >= 0.6 is 11.8 Å². The van der Waals surface area contributed by atoms with Crippen molar-refractivity contribution in [3.8, 4) is 11.4 Å². The van der Waals surface area contributed by atoms with Gasteiger partial charge < -0.3 is 4.74 Å². The lowest BCUT2D eigenvalue weighted by Crippen LogP contribution is -2.37. The van der Waals surface area contributed by atoms with Gasteiger partial charge in [-0.2, -0.15) is 0 Å². The molecule has 0 aliphatic heterocycles. The predicted octanol–water partition coefficient (Wildman–Crippen LogP) is 0.867. The van der Waals surface area contributed by atoms with Crippen LogP contribution in [0.5, 0.6) is 0 Å². The smallest absolute Gasteiger partial charge is 0.332 e. The zero-order chi connectivity index (χ0) is 21.3. The molecule has 0 aliphatic carbocycles. The maximum Gasteiger partial charge on any atom is 0.332 e. The summed E-state index contributed by atoms with van der Waals surface area (Å²) in [5.74, 6) is -0.461. The second-order valence-electron chi connectivity index (χ2n) is 5.93. The van der Waals surface area contributed by atoms with Crippen molar-refractivity contribution in [1.29, 1.82) is 0 Å². The van der Waals surface area contributed by atoms with Crippen molar-refractivity contribution >= 4 is 34.5 Å². The van der Waals surface area contributed by atoms with Crippen molar-refractivity contribution in [2.45, 2.75) is 5.03 Å². The minimum atomic E-state index is -0.592. The topological polar surface area (TPSA) is 139 Å². The lowest BCUT2D eigenvalue weighted by molar-refractivity contribution is -0.384. The Morgan fingerprint density at radius 2 is 1.83 bits per heavy atom. The maximum atomic E-state index is 12.7. The number of fused-ring (bicyclic) bond motifs is 1. The van der Waals surface area contributed by atoms with Gasteiger partial charge in [-0.3, -0.25) is 28.8 Å². The van der Waals surface area contributed by atoms with E-state index in [2.05, 4.69) is 14.7 Å². The van der Waals surface area contributed by atoms with E-state index in [-0.39, 0.29) is 33.3 Å². The molecule has 12 heteroatoms. The highest BCUT2D eigenvalue weighted by Gasteiger charge is 2.19. The molecule has 0 N–H and O–H groups in total. The number of carbonyl (C=O) groups is 1. The normalized spacial score (nSPS) is 10.9. The first-order chi connectivity index (χ1) is 13.7. The van der Waals surface area contributed by atoms with Gasteiger partial charge in [0.15, 0.2) is 11.5 Å². The molecular formula is C17H15N5O6S. The number of aromatic nitrogens is 4. The Morgan fingerprint density at radius 1 is 1.17 bits per heavy atom. The third kappa shape index (κ3) is 3.74. The molecule has 0 radical (unpaired) electrons. The molecule has 0 saturated carbocycles. The molecule has 1 aromatic carbocycles. The zero-order valence-electron chi connectivity index (χ0n) is 15.6. The van der Waals surface area contributed by atoms with Crippen LogP contribution in [-0.2, 0) is 23.6 Å². The van der Waals surface area contributed by atoms with Crippen LogP contribution in [0, 0.1) is 10.1 Å². The first-order valence-electron chi connectivity index (χ1n) is 8.16. The Bertz CT molecular complexity index is 1250. The molecule has 0 amide bonds. The summed E-state index contributed by atoms with van der Waals surface area (Å²) >= 11 is 0.974. The number of aryl methyl sites for hydroxylation is 1. The third-order valence-corrected chi connectivity index (χ3v) is 5.11. The van der Waals surface area contributed by atoms with Crippen molar-refractivity contribution in [2.75, 3.05) is 12.9 Å². The molecule has 0 unspecified atom stereocenters. The monoisotopic (exact) mass is 417 g/mol. The van der Waals surface area contributed by atoms with Gasteiger partial charge >= 0.3 is 11.7 Å². The van der Waals surface area contributed by atoms with E-state index in [9.17, 15) is 24.5 Å². The van der Waals surface area contributed by atoms with Gasteiger partial charge in [0.05, 0.1) is 17.8 Å². The van der Waals surface area contributed by atoms with E-state index in [0.717, 1.165) is 16.3 Å². The Morgan fingerprint density at radius 3 is 2.41 bits per heavy atom. The van der Waals surface area contributed by atoms with E-state index >= 15 is 0 Å². The van der Waals surface area contributed by atoms with Gasteiger partial charge in [-0.1, -0.05) is 11.8 Å². The molecule has 29 heavy (non-hydrogen) atoms. The largest absolute Gasteiger partial charge is 0.468 e. The van der Waals surface area contributed by atoms with Crippen molar-refractivity contribution < 1.29 is 14.5 Å². The number of nitro benzene ring substituents is 1. The quantitative estimate of drug-likeness (QED) is 0.194. The molecule has 0 spiro atoms. The van der Waals surface area contributed by atoms with Crippen molar-refractivity contribution in [3.63, 3.8) is 0 Å². The molecule has 0 saturated heterocycles. The standard InChI is InChI=1S/C17H15N5O6S/c1-20-14-12(16(24)21(2)17(20)25)15(29-8-11(23)28-3)19-13(18-14)9-4-6-10(7-5-9)22(26)27/h4-7H,8H2,1-3H3. The lowest BCUT2D eigenvalue weighted by Gasteiger charge is -2.11. The highest BCUT2D eigenvalue weighted by molar-refractivity contribution is 8.00. The number of carbonyl (C=O) groups excluding carboxylic acids is 1. The number of nitrogens with zero attached hydrogens (tertiary/aromatic N) is 5. The van der Waals surface area contributed by atoms with E-state index < -0.39 is 22.1 Å². The summed E-state index contributed by atoms with van der Waals surface area (Å²) < 4.78 is 6.76. The highest BCUT2D eigenvalue weighted by Crippen LogP contribution is 2.27. The Kier molecular flexibility index (Phi) is 5.46. The van der Waals surface area contributed by atoms with Gasteiger partial charge in [0, 0.05) is 31.8 Å². The SMILES string of the molecule is COC(=O)CSc1nc(-c2ccc([N+](=O)[O-])cc2)nc2c1c(=O)n(C)c(=O)n2C. The van der Waals surface area contributed by atoms with Crippen molar-refractivity contribution in [3.05, 3.63) is 55.2 Å². The molecule has 0 atom stereocenters. The minimum Gasteiger partial charge on any atom is -0.468 e. The second kappa shape index (κ2) is 7.83. The highest BCUT2D eigenvalue weighted by atomic mass is 32.2. The third-order valence-electron chi connectivity index (χ3n) is 4.16. The molecule has 3 aromatic rings. The molecule has 2 aromatic heterocycles. The average Bonchev–Trinajstić information content (AvgIpc) is 2.73. The summed E-state index contributed by atoms with van der Waals surface area (Å²) in [5, 5.41) is 11.1. The number of esters is 1. The van der Waals surface area contributed by atoms with Gasteiger partial charge in [-0.25, -0.2) is 14.8 Å². The molecular weight excluding hydrogens is 402 g/mol. The fourth-order valence-electron chi connectivity index (χ4n) is 2.58. The first kappa shape index (κ1) is 20.2. The molecule has 3 rings (SSSR count). The summed E-state index contributed by atoms with van der Waals surface area (Å²) in [6.45, 7) is 0. The summed E-state index contributed by atoms with van der Waals surface area (Å²) in [4.78, 5) is 55.6. The van der Waals surface area contributed by atoms with E-state index in [0.29, 0.717) is 5.56 Å². The van der Waals surface area contributed by atoms with Crippen molar-refractivity contribution in [1.82, 2.24) is 19.1 Å². The van der Waals surface area contributed by atoms with Crippen LogP contribution < -0.4 is 11.2 Å². The van der Waals surface area contributed by atoms with Crippen LogP contribution in [0.1, 0.15) is 0 Å². The predicted molar refractivity (Wildman–Crippen MR) is 105 cm³/mol. The minimum absolute atomic E-state index is 0.0915. The van der Waals surface area contributed by atoms with E-state index in [1.807, 2.05) is 0 Å². The Labute approximate surface area is 167 Å². The zero-order valence-corrected chi connectivity index (χ0v) is 16.4. The van der Waals surface area contributed by atoms with Gasteiger partial charge in [0.2, 0.25) is 0 Å². The molecule has 150 valence electrons. The lowest BCUT2D eigenvalue weighted by atomic mass is 10.2. The number of ether oxygens (including phenoxy) is 1. The number of benzene rings is 1. The number of thioether (sulfide) groups is 1. The van der Waals surface area contributed by atoms with Gasteiger partial charge in [0.25, 0.3) is 11.2 Å². The molecule has 0 aliphatic rings. The van der Waals surface area contributed by atoms with E-state index in [4.69, 9.17) is 0 Å². The number of methoxy groups -OCH3 is 1. The molecule has 0 bridgehead atoms. The van der Waals surface area contributed by atoms with Gasteiger partial charge in [0.1, 0.15) is 10.4 Å². The molecule has 2 heterocycles. The van der Waals surface area contributed by atoms with Crippen LogP contribution in [0.15, 0.2) is 38.9 Å². The average molecular weight is 417 g/mol. The number of non-ortho nitro benzene ring substituents is 1. The fraction of sp³-hybridized carbons (Fsp3) is 0.235. The molecule has 0 fully saturated rings. The van der Waals surface area contributed by atoms with Crippen LogP contribution in [0.2, 0.25) is 0 Å².